The van der Waals surface area contributed by atoms with Crippen molar-refractivity contribution in [2.24, 2.45) is 10.9 Å². The van der Waals surface area contributed by atoms with E-state index in [0.717, 1.165) is 29.4 Å². The second kappa shape index (κ2) is 12.4. The minimum Gasteiger partial charge on any atom is -0.493 e. The van der Waals surface area contributed by atoms with Crippen molar-refractivity contribution in [2.45, 2.75) is 26.3 Å². The van der Waals surface area contributed by atoms with Gasteiger partial charge < -0.3 is 15.4 Å². The number of aryl methyl sites for hydroxylation is 1. The third-order valence-corrected chi connectivity index (χ3v) is 7.89. The molecule has 0 aromatic heterocycles. The summed E-state index contributed by atoms with van der Waals surface area (Å²) in [5.41, 5.74) is 2.24. The number of nitrogens with one attached hydrogen (secondary N) is 2. The van der Waals surface area contributed by atoms with Gasteiger partial charge in [0.15, 0.2) is 5.96 Å². The second-order valence-electron chi connectivity index (χ2n) is 7.55. The van der Waals surface area contributed by atoms with Crippen LogP contribution in [0, 0.1) is 12.8 Å². The zero-order valence-electron chi connectivity index (χ0n) is 17.7. The van der Waals surface area contributed by atoms with Crippen LogP contribution in [0.2, 0.25) is 0 Å². The average molecular weight is 569 g/mol. The molecule has 2 fully saturated rings. The highest BCUT2D eigenvalue weighted by molar-refractivity contribution is 14.0. The molecule has 170 valence electrons. The van der Waals surface area contributed by atoms with Gasteiger partial charge in [-0.05, 0) is 37.3 Å². The molecule has 1 aromatic carbocycles. The lowest BCUT2D eigenvalue weighted by Crippen LogP contribution is -2.44. The molecule has 0 amide bonds. The van der Waals surface area contributed by atoms with Crippen LogP contribution < -0.4 is 15.4 Å². The highest BCUT2D eigenvalue weighted by Gasteiger charge is 2.24. The molecule has 10 heteroatoms. The first-order chi connectivity index (χ1) is 14.0. The quantitative estimate of drug-likeness (QED) is 0.271. The molecule has 1 saturated heterocycles. The summed E-state index contributed by atoms with van der Waals surface area (Å²) in [7, 11) is -1.53. The Balaban J connectivity index is 0.00000320. The molecule has 3 rings (SSSR count). The fourth-order valence-electron chi connectivity index (χ4n) is 3.09. The maximum Gasteiger partial charge on any atom is 0.215 e. The number of ether oxygens (including phenoxy) is 1. The van der Waals surface area contributed by atoms with Crippen LogP contribution >= 0.6 is 35.7 Å². The summed E-state index contributed by atoms with van der Waals surface area (Å²) in [4.78, 5) is 4.21. The highest BCUT2D eigenvalue weighted by atomic mass is 127. The predicted molar refractivity (Wildman–Crippen MR) is 136 cm³/mol. The molecule has 7 nitrogen and oxygen atoms in total. The average Bonchev–Trinajstić information content (AvgIpc) is 3.55. The Kier molecular flexibility index (Phi) is 10.5. The fourth-order valence-corrected chi connectivity index (χ4v) is 5.58. The Morgan fingerprint density at radius 2 is 2.00 bits per heavy atom. The Hall–Kier alpha value is -0.720. The van der Waals surface area contributed by atoms with Crippen LogP contribution in [0.3, 0.4) is 0 Å². The first kappa shape index (κ1) is 25.5. The molecule has 0 spiro atoms. The first-order valence-corrected chi connectivity index (χ1v) is 13.0. The minimum atomic E-state index is -3.22. The van der Waals surface area contributed by atoms with Crippen LogP contribution in [0.5, 0.6) is 5.75 Å². The smallest absolute Gasteiger partial charge is 0.215 e. The van der Waals surface area contributed by atoms with Crippen LogP contribution in [-0.4, -0.2) is 69.2 Å². The summed E-state index contributed by atoms with van der Waals surface area (Å²) in [6.45, 7) is 4.94. The molecule has 1 aliphatic carbocycles. The lowest BCUT2D eigenvalue weighted by molar-refractivity contribution is 0.296. The van der Waals surface area contributed by atoms with E-state index < -0.39 is 10.0 Å². The number of rotatable bonds is 9. The molecular weight excluding hydrogens is 535 g/mol. The SMILES string of the molecule is CN=C(NCCS(=O)(=O)N1CCSCC1)NCc1ccc(C)cc1OCC1CC1.I. The van der Waals surface area contributed by atoms with Crippen LogP contribution in [0.25, 0.3) is 0 Å². The number of benzene rings is 1. The number of thioether (sulfide) groups is 1. The van der Waals surface area contributed by atoms with Crippen molar-refractivity contribution in [3.8, 4) is 5.75 Å². The van der Waals surface area contributed by atoms with Crippen molar-refractivity contribution >= 4 is 51.7 Å². The molecule has 0 unspecified atom stereocenters. The highest BCUT2D eigenvalue weighted by Crippen LogP contribution is 2.30. The van der Waals surface area contributed by atoms with Crippen molar-refractivity contribution in [2.75, 3.05) is 50.5 Å². The summed E-state index contributed by atoms with van der Waals surface area (Å²) < 4.78 is 32.5. The van der Waals surface area contributed by atoms with Crippen LogP contribution in [0.1, 0.15) is 24.0 Å². The second-order valence-corrected chi connectivity index (χ2v) is 10.9. The minimum absolute atomic E-state index is 0. The summed E-state index contributed by atoms with van der Waals surface area (Å²) >= 11 is 1.80. The van der Waals surface area contributed by atoms with Crippen molar-refractivity contribution in [3.05, 3.63) is 29.3 Å². The van der Waals surface area contributed by atoms with Gasteiger partial charge in [0.25, 0.3) is 0 Å². The molecular formula is C20H33IN4O3S2. The zero-order chi connectivity index (χ0) is 20.7. The number of aliphatic imine (C=N–C) groups is 1. The molecule has 0 atom stereocenters. The van der Waals surface area contributed by atoms with E-state index >= 15 is 0 Å². The van der Waals surface area contributed by atoms with Crippen molar-refractivity contribution in [1.29, 1.82) is 0 Å². The van der Waals surface area contributed by atoms with Crippen molar-refractivity contribution in [1.82, 2.24) is 14.9 Å². The molecule has 0 bridgehead atoms. The maximum absolute atomic E-state index is 12.4. The first-order valence-electron chi connectivity index (χ1n) is 10.2. The van der Waals surface area contributed by atoms with E-state index in [9.17, 15) is 8.42 Å². The van der Waals surface area contributed by atoms with Gasteiger partial charge in [0, 0.05) is 50.3 Å². The molecule has 1 saturated carbocycles. The zero-order valence-corrected chi connectivity index (χ0v) is 21.7. The third kappa shape index (κ3) is 8.08. The van der Waals surface area contributed by atoms with Gasteiger partial charge in [0.05, 0.1) is 12.4 Å². The number of guanidine groups is 1. The number of sulfonamides is 1. The Labute approximate surface area is 201 Å². The van der Waals surface area contributed by atoms with Crippen LogP contribution in [-0.2, 0) is 16.6 Å². The largest absolute Gasteiger partial charge is 0.493 e. The van der Waals surface area contributed by atoms with Crippen molar-refractivity contribution in [3.63, 3.8) is 0 Å². The normalized spacial score (nSPS) is 17.9. The predicted octanol–water partition coefficient (Wildman–Crippen LogP) is 2.45. The fraction of sp³-hybridized carbons (Fsp3) is 0.650. The topological polar surface area (TPSA) is 83.0 Å². The third-order valence-electron chi connectivity index (χ3n) is 5.08. The van der Waals surface area contributed by atoms with E-state index in [2.05, 4.69) is 40.7 Å². The van der Waals surface area contributed by atoms with E-state index in [0.29, 0.717) is 38.1 Å². The number of halogens is 1. The lowest BCUT2D eigenvalue weighted by Gasteiger charge is -2.25. The van der Waals surface area contributed by atoms with Gasteiger partial charge in [-0.3, -0.25) is 4.99 Å². The van der Waals surface area contributed by atoms with Crippen molar-refractivity contribution < 1.29 is 13.2 Å². The molecule has 0 radical (unpaired) electrons. The Bertz CT molecular complexity index is 810. The number of nitrogens with zero attached hydrogens (tertiary/aromatic N) is 2. The number of hydrogen-bond acceptors (Lipinski definition) is 5. The van der Waals surface area contributed by atoms with Gasteiger partial charge >= 0.3 is 0 Å². The summed E-state index contributed by atoms with van der Waals surface area (Å²) in [6, 6.07) is 6.20. The van der Waals surface area contributed by atoms with Crippen LogP contribution in [0.4, 0.5) is 0 Å². The van der Waals surface area contributed by atoms with Gasteiger partial charge in [-0.15, -0.1) is 24.0 Å². The van der Waals surface area contributed by atoms with Gasteiger partial charge in [0.2, 0.25) is 10.0 Å². The molecule has 2 N–H and O–H groups in total. The number of hydrogen-bond donors (Lipinski definition) is 2. The van der Waals surface area contributed by atoms with Crippen LogP contribution in [0.15, 0.2) is 23.2 Å². The van der Waals surface area contributed by atoms with Gasteiger partial charge in [-0.2, -0.15) is 11.8 Å². The standard InChI is InChI=1S/C20H32N4O3S2.HI/c1-16-3-6-18(19(13-16)27-15-17-4-5-17)14-23-20(21-2)22-7-12-29(25,26)24-8-10-28-11-9-24;/h3,6,13,17H,4-5,7-12,14-15H2,1-2H3,(H2,21,22,23);1H. The van der Waals surface area contributed by atoms with Gasteiger partial charge in [0.1, 0.15) is 5.75 Å². The monoisotopic (exact) mass is 568 g/mol. The summed E-state index contributed by atoms with van der Waals surface area (Å²) in [5, 5.41) is 6.37. The van der Waals surface area contributed by atoms with E-state index in [1.807, 2.05) is 0 Å². The Morgan fingerprint density at radius 1 is 1.27 bits per heavy atom. The molecule has 30 heavy (non-hydrogen) atoms. The molecule has 1 aliphatic heterocycles. The van der Waals surface area contributed by atoms with E-state index in [4.69, 9.17) is 4.74 Å². The van der Waals surface area contributed by atoms with E-state index in [1.165, 1.54) is 18.4 Å². The maximum atomic E-state index is 12.4. The Morgan fingerprint density at radius 3 is 2.67 bits per heavy atom. The van der Waals surface area contributed by atoms with E-state index in [-0.39, 0.29) is 29.7 Å². The lowest BCUT2D eigenvalue weighted by atomic mass is 10.1. The van der Waals surface area contributed by atoms with Gasteiger partial charge in [-0.1, -0.05) is 12.1 Å². The summed E-state index contributed by atoms with van der Waals surface area (Å²) in [5.74, 6) is 4.01. The molecule has 2 aliphatic rings. The van der Waals surface area contributed by atoms with Gasteiger partial charge in [-0.25, -0.2) is 12.7 Å². The molecule has 1 heterocycles. The molecule has 1 aromatic rings. The summed E-state index contributed by atoms with van der Waals surface area (Å²) in [6.07, 6.45) is 2.52. The van der Waals surface area contributed by atoms with E-state index in [1.54, 1.807) is 23.1 Å².